The maximum atomic E-state index is 11.1. The van der Waals surface area contributed by atoms with Gasteiger partial charge in [0.2, 0.25) is 16.6 Å². The average molecular weight is 545 g/mol. The van der Waals surface area contributed by atoms with E-state index in [9.17, 15) is 10.2 Å². The fourth-order valence-electron chi connectivity index (χ4n) is 4.52. The molecule has 1 aliphatic heterocycles. The number of hydrogen-bond acceptors (Lipinski definition) is 4. The van der Waals surface area contributed by atoms with Crippen LogP contribution in [-0.2, 0) is 6.73 Å². The van der Waals surface area contributed by atoms with Gasteiger partial charge in [-0.25, -0.2) is 9.97 Å². The summed E-state index contributed by atoms with van der Waals surface area (Å²) in [5.74, 6) is 1.07. The first-order valence-electron chi connectivity index (χ1n) is 12.5. The number of para-hydroxylation sites is 4. The second-order valence-corrected chi connectivity index (χ2v) is 9.88. The van der Waals surface area contributed by atoms with Crippen LogP contribution in [0.15, 0.2) is 122 Å². The molecule has 190 valence electrons. The number of aromatic amines is 2. The molecule has 0 unspecified atom stereocenters. The predicted octanol–water partition coefficient (Wildman–Crippen LogP) is -1.33. The number of fused-ring (bicyclic) bond motifs is 7. The van der Waals surface area contributed by atoms with Crippen molar-refractivity contribution >= 4 is 43.4 Å². The number of ether oxygens (including phenoxy) is 1. The van der Waals surface area contributed by atoms with Crippen LogP contribution in [0.1, 0.15) is 0 Å². The van der Waals surface area contributed by atoms with Crippen molar-refractivity contribution in [3.05, 3.63) is 122 Å². The second kappa shape index (κ2) is 13.7. The average Bonchev–Trinajstić information content (AvgIpc) is 3.38. The third kappa shape index (κ3) is 6.42. The van der Waals surface area contributed by atoms with E-state index in [1.165, 1.54) is 20.8 Å². The summed E-state index contributed by atoms with van der Waals surface area (Å²) < 4.78 is 9.33. The van der Waals surface area contributed by atoms with Crippen LogP contribution < -0.4 is 67.2 Å². The van der Waals surface area contributed by atoms with Crippen LogP contribution in [0.2, 0.25) is 0 Å². The number of hydrogen-bond donors (Lipinski definition) is 0. The molecule has 0 saturated carbocycles. The number of aromatic nitrogens is 3. The van der Waals surface area contributed by atoms with Crippen molar-refractivity contribution in [2.75, 3.05) is 0 Å². The van der Waals surface area contributed by atoms with Gasteiger partial charge in [-0.1, -0.05) is 59.9 Å². The summed E-state index contributed by atoms with van der Waals surface area (Å²) in [7, 11) is 0. The SMILES string of the molecule is [Li+].[Li+].[O-]c1cccc2ccc[nH+]c12.[O-]c1cccc2ccc[nH+]c12.c1ccc2c(c1)OC[n+]1c-2sc2ccccc21. The molecule has 6 nitrogen and oxygen atoms in total. The molecule has 8 rings (SSSR count). The van der Waals surface area contributed by atoms with Gasteiger partial charge >= 0.3 is 37.7 Å². The Labute approximate surface area is 265 Å². The first-order valence-corrected chi connectivity index (χ1v) is 13.3. The molecule has 0 saturated heterocycles. The fraction of sp³-hybridized carbons (Fsp3) is 0.0312. The summed E-state index contributed by atoms with van der Waals surface area (Å²) in [6.45, 7) is 0.608. The first kappa shape index (κ1) is 30.2. The van der Waals surface area contributed by atoms with Gasteiger partial charge in [-0.3, -0.25) is 0 Å². The number of nitrogens with one attached hydrogen (secondary N) is 2. The summed E-state index contributed by atoms with van der Waals surface area (Å²) in [5, 5.41) is 25.5. The molecule has 1 aliphatic rings. The molecule has 3 aromatic heterocycles. The van der Waals surface area contributed by atoms with Gasteiger partial charge in [0, 0.05) is 29.0 Å². The molecule has 41 heavy (non-hydrogen) atoms. The largest absolute Gasteiger partial charge is 1.00 e. The monoisotopic (exact) mass is 544 g/mol. The van der Waals surface area contributed by atoms with Crippen molar-refractivity contribution in [1.29, 1.82) is 0 Å². The van der Waals surface area contributed by atoms with E-state index in [-0.39, 0.29) is 49.2 Å². The Hall–Kier alpha value is -3.82. The second-order valence-electron chi connectivity index (χ2n) is 8.85. The number of thiazole rings is 1. The normalized spacial score (nSPS) is 10.8. The van der Waals surface area contributed by atoms with Gasteiger partial charge in [0.1, 0.15) is 10.4 Å². The topological polar surface area (TPSA) is 87.5 Å². The zero-order chi connectivity index (χ0) is 26.6. The van der Waals surface area contributed by atoms with Crippen molar-refractivity contribution in [2.24, 2.45) is 0 Å². The maximum absolute atomic E-state index is 11.1. The Morgan fingerprint density at radius 2 is 1.20 bits per heavy atom. The number of pyridine rings is 2. The molecule has 2 N–H and O–H groups in total. The van der Waals surface area contributed by atoms with Crippen molar-refractivity contribution < 1.29 is 67.2 Å². The molecule has 0 spiro atoms. The van der Waals surface area contributed by atoms with E-state index < -0.39 is 0 Å². The Balaban J connectivity index is 0.000000144. The number of nitrogens with zero attached hydrogens (tertiary/aromatic N) is 1. The van der Waals surface area contributed by atoms with Crippen LogP contribution in [0.25, 0.3) is 42.6 Å². The minimum Gasteiger partial charge on any atom is -0.868 e. The van der Waals surface area contributed by atoms with Crippen molar-refractivity contribution in [3.63, 3.8) is 0 Å². The van der Waals surface area contributed by atoms with Gasteiger partial charge in [0.15, 0.2) is 12.4 Å². The van der Waals surface area contributed by atoms with E-state index >= 15 is 0 Å². The number of H-pyrrole nitrogens is 2. The van der Waals surface area contributed by atoms with E-state index in [0.29, 0.717) is 17.8 Å². The third-order valence-electron chi connectivity index (χ3n) is 6.39. The minimum absolute atomic E-state index is 0. The Morgan fingerprint density at radius 1 is 0.634 bits per heavy atom. The van der Waals surface area contributed by atoms with Gasteiger partial charge in [0.25, 0.3) is 11.7 Å². The van der Waals surface area contributed by atoms with Crippen molar-refractivity contribution in [1.82, 2.24) is 0 Å². The smallest absolute Gasteiger partial charge is 0.868 e. The Morgan fingerprint density at radius 3 is 1.83 bits per heavy atom. The van der Waals surface area contributed by atoms with Gasteiger partial charge in [-0.15, -0.1) is 4.57 Å². The van der Waals surface area contributed by atoms with Gasteiger partial charge < -0.3 is 14.9 Å². The molecule has 0 fully saturated rings. The molecule has 0 radical (unpaired) electrons. The number of rotatable bonds is 0. The summed E-state index contributed by atoms with van der Waals surface area (Å²) in [5.41, 5.74) is 3.80. The van der Waals surface area contributed by atoms with Crippen LogP contribution in [-0.4, -0.2) is 0 Å². The molecule has 0 aliphatic carbocycles. The van der Waals surface area contributed by atoms with Crippen LogP contribution in [0, 0.1) is 0 Å². The van der Waals surface area contributed by atoms with Crippen LogP contribution in [0.3, 0.4) is 0 Å². The molecule has 0 amide bonds. The Kier molecular flexibility index (Phi) is 10.1. The standard InChI is InChI=1S/C14H10NOS.2C9H7NO.2Li/c1-3-7-12-10(5-1)14-15(9-16-12)11-6-2-4-8-13(11)17-14;2*11-8-5-1-3-7-4-2-6-10-9(7)8;;/h1-8H,9H2;2*1-6,11H;;/q+1;;;2*+1. The van der Waals surface area contributed by atoms with Gasteiger partial charge in [-0.05, 0) is 54.0 Å². The fourth-order valence-corrected chi connectivity index (χ4v) is 5.69. The van der Waals surface area contributed by atoms with E-state index in [2.05, 4.69) is 50.9 Å². The maximum Gasteiger partial charge on any atom is 1.00 e. The van der Waals surface area contributed by atoms with Crippen molar-refractivity contribution in [3.8, 4) is 27.8 Å². The predicted molar refractivity (Wildman–Crippen MR) is 148 cm³/mol. The van der Waals surface area contributed by atoms with Crippen LogP contribution in [0.5, 0.6) is 17.2 Å². The van der Waals surface area contributed by atoms with Gasteiger partial charge in [-0.2, -0.15) is 0 Å². The molecule has 4 aromatic carbocycles. The summed E-state index contributed by atoms with van der Waals surface area (Å²) in [6, 6.07) is 34.7. The molecule has 0 bridgehead atoms. The molecule has 4 heterocycles. The first-order chi connectivity index (χ1) is 19.2. The van der Waals surface area contributed by atoms with E-state index in [0.717, 1.165) is 16.5 Å². The zero-order valence-electron chi connectivity index (χ0n) is 22.8. The molecule has 9 heteroatoms. The number of benzene rings is 4. The molecule has 0 atom stereocenters. The van der Waals surface area contributed by atoms with Gasteiger partial charge in [0.05, 0.1) is 5.56 Å². The van der Waals surface area contributed by atoms with E-state index in [1.54, 1.807) is 36.7 Å². The van der Waals surface area contributed by atoms with Crippen molar-refractivity contribution in [2.45, 2.75) is 6.73 Å². The van der Waals surface area contributed by atoms with Crippen LogP contribution in [0.4, 0.5) is 0 Å². The van der Waals surface area contributed by atoms with E-state index in [1.807, 2.05) is 59.9 Å². The minimum atomic E-state index is 0. The third-order valence-corrected chi connectivity index (χ3v) is 7.59. The molecular weight excluding hydrogens is 520 g/mol. The summed E-state index contributed by atoms with van der Waals surface area (Å²) in [4.78, 5) is 5.81. The Bertz CT molecular complexity index is 1840. The van der Waals surface area contributed by atoms with Crippen LogP contribution >= 0.6 is 11.3 Å². The quantitative estimate of drug-likeness (QED) is 0.175. The summed E-state index contributed by atoms with van der Waals surface area (Å²) in [6.07, 6.45) is 3.51. The van der Waals surface area contributed by atoms with E-state index in [4.69, 9.17) is 4.74 Å². The molecule has 7 aromatic rings. The summed E-state index contributed by atoms with van der Waals surface area (Å²) >= 11 is 1.83. The molecular formula is C32H24Li2N3O3S+3. The zero-order valence-corrected chi connectivity index (χ0v) is 23.7.